The topological polar surface area (TPSA) is 59.4 Å². The zero-order chi connectivity index (χ0) is 18.6. The highest BCUT2D eigenvalue weighted by atomic mass is 35.5. The highest BCUT2D eigenvalue weighted by molar-refractivity contribution is 6.30. The Morgan fingerprint density at radius 1 is 1.23 bits per heavy atom. The number of carbonyl (C=O) groups is 1. The van der Waals surface area contributed by atoms with E-state index in [9.17, 15) is 10.1 Å². The van der Waals surface area contributed by atoms with E-state index < -0.39 is 5.54 Å². The van der Waals surface area contributed by atoms with Crippen LogP contribution in [-0.2, 0) is 4.79 Å². The molecular weight excluding hydrogens is 348 g/mol. The van der Waals surface area contributed by atoms with Crippen LogP contribution in [0.15, 0.2) is 24.3 Å². The van der Waals surface area contributed by atoms with Crippen LogP contribution in [0.5, 0.6) is 0 Å². The molecule has 1 aromatic carbocycles. The van der Waals surface area contributed by atoms with Crippen LogP contribution in [0.25, 0.3) is 0 Å². The predicted molar refractivity (Wildman–Crippen MR) is 104 cm³/mol. The van der Waals surface area contributed by atoms with Crippen LogP contribution in [0, 0.1) is 11.3 Å². The highest BCUT2D eigenvalue weighted by Gasteiger charge is 2.36. The number of piperazine rings is 1. The van der Waals surface area contributed by atoms with E-state index in [0.29, 0.717) is 0 Å². The van der Waals surface area contributed by atoms with Gasteiger partial charge in [-0.1, -0.05) is 36.9 Å². The lowest BCUT2D eigenvalue weighted by Crippen LogP contribution is -2.58. The second kappa shape index (κ2) is 8.28. The molecule has 0 aromatic heterocycles. The van der Waals surface area contributed by atoms with Crippen LogP contribution in [-0.4, -0.2) is 48.6 Å². The van der Waals surface area contributed by atoms with Gasteiger partial charge in [-0.2, -0.15) is 5.26 Å². The molecule has 0 bridgehead atoms. The van der Waals surface area contributed by atoms with Crippen LogP contribution in [0.4, 0.5) is 5.69 Å². The van der Waals surface area contributed by atoms with Gasteiger partial charge in [0.05, 0.1) is 12.1 Å². The molecule has 3 rings (SSSR count). The Bertz CT molecular complexity index is 673. The molecule has 1 atom stereocenters. The molecule has 1 aliphatic carbocycles. The highest BCUT2D eigenvalue weighted by Crippen LogP contribution is 2.28. The maximum absolute atomic E-state index is 12.7. The van der Waals surface area contributed by atoms with Gasteiger partial charge in [0, 0.05) is 36.9 Å². The summed E-state index contributed by atoms with van der Waals surface area (Å²) in [5.74, 6) is -0.0235. The Morgan fingerprint density at radius 3 is 2.54 bits per heavy atom. The lowest BCUT2D eigenvalue weighted by molar-refractivity contribution is -0.127. The summed E-state index contributed by atoms with van der Waals surface area (Å²) in [5.41, 5.74) is 0.464. The van der Waals surface area contributed by atoms with Crippen molar-refractivity contribution < 1.29 is 4.79 Å². The van der Waals surface area contributed by atoms with Crippen molar-refractivity contribution in [2.45, 2.75) is 50.6 Å². The van der Waals surface area contributed by atoms with Crippen LogP contribution < -0.4 is 10.2 Å². The zero-order valence-corrected chi connectivity index (χ0v) is 16.1. The van der Waals surface area contributed by atoms with Crippen molar-refractivity contribution in [2.75, 3.05) is 31.1 Å². The minimum atomic E-state index is -0.661. The largest absolute Gasteiger partial charge is 0.369 e. The number of nitriles is 1. The molecule has 2 fully saturated rings. The van der Waals surface area contributed by atoms with E-state index in [2.05, 4.69) is 27.3 Å². The van der Waals surface area contributed by atoms with Gasteiger partial charge in [-0.25, -0.2) is 0 Å². The van der Waals surface area contributed by atoms with Crippen LogP contribution in [0.3, 0.4) is 0 Å². The monoisotopic (exact) mass is 374 g/mol. The molecule has 0 radical (unpaired) electrons. The van der Waals surface area contributed by atoms with Crippen molar-refractivity contribution in [3.63, 3.8) is 0 Å². The molecule has 5 nitrogen and oxygen atoms in total. The van der Waals surface area contributed by atoms with E-state index in [4.69, 9.17) is 11.6 Å². The Morgan fingerprint density at radius 2 is 1.92 bits per heavy atom. The summed E-state index contributed by atoms with van der Waals surface area (Å²) in [7, 11) is 0. The van der Waals surface area contributed by atoms with Gasteiger partial charge in [0.1, 0.15) is 5.54 Å². The van der Waals surface area contributed by atoms with Gasteiger partial charge >= 0.3 is 0 Å². The quantitative estimate of drug-likeness (QED) is 0.879. The van der Waals surface area contributed by atoms with E-state index >= 15 is 0 Å². The molecule has 26 heavy (non-hydrogen) atoms. The van der Waals surface area contributed by atoms with Gasteiger partial charge in [-0.3, -0.25) is 9.69 Å². The number of halogens is 1. The minimum Gasteiger partial charge on any atom is -0.369 e. The number of benzene rings is 1. The first-order valence-corrected chi connectivity index (χ1v) is 9.89. The fourth-order valence-electron chi connectivity index (χ4n) is 3.97. The minimum absolute atomic E-state index is 0.0235. The Labute approximate surface area is 160 Å². The van der Waals surface area contributed by atoms with Crippen LogP contribution in [0.2, 0.25) is 5.02 Å². The van der Waals surface area contributed by atoms with Gasteiger partial charge < -0.3 is 10.2 Å². The molecule has 1 N–H and O–H groups in total. The first-order valence-electron chi connectivity index (χ1n) is 9.51. The number of carbonyl (C=O) groups excluding carboxylic acids is 1. The molecule has 0 unspecified atom stereocenters. The summed E-state index contributed by atoms with van der Waals surface area (Å²) >= 11 is 6.09. The molecule has 1 aliphatic heterocycles. The van der Waals surface area contributed by atoms with Gasteiger partial charge in [0.2, 0.25) is 5.91 Å². The Hall–Kier alpha value is -1.77. The molecule has 1 heterocycles. The molecular formula is C20H27ClN4O. The fourth-order valence-corrected chi connectivity index (χ4v) is 4.15. The van der Waals surface area contributed by atoms with E-state index in [1.165, 1.54) is 0 Å². The number of nitrogens with one attached hydrogen (secondary N) is 1. The summed E-state index contributed by atoms with van der Waals surface area (Å²) in [6.07, 6.45) is 4.72. The average Bonchev–Trinajstić information content (AvgIpc) is 2.68. The van der Waals surface area contributed by atoms with Crippen molar-refractivity contribution in [1.29, 1.82) is 5.26 Å². The smallest absolute Gasteiger partial charge is 0.238 e. The molecule has 1 saturated heterocycles. The molecule has 2 aliphatic rings. The number of amides is 1. The maximum atomic E-state index is 12.7. The van der Waals surface area contributed by atoms with E-state index in [1.807, 2.05) is 25.1 Å². The van der Waals surface area contributed by atoms with Gasteiger partial charge in [-0.15, -0.1) is 0 Å². The standard InChI is InChI=1S/C20H27ClN4O/c1-16(19(26)23-20(15-22)8-3-2-4-9-20)24-10-12-25(13-11-24)18-7-5-6-17(21)14-18/h5-7,14,16H,2-4,8-13H2,1H3,(H,23,26)/t16-/m0/s1. The molecule has 1 aromatic rings. The second-order valence-corrected chi connectivity index (χ2v) is 7.86. The summed E-state index contributed by atoms with van der Waals surface area (Å²) in [5, 5.41) is 13.4. The number of rotatable bonds is 4. The van der Waals surface area contributed by atoms with Crippen molar-refractivity contribution in [3.05, 3.63) is 29.3 Å². The third-order valence-corrected chi connectivity index (χ3v) is 5.93. The number of anilines is 1. The first-order chi connectivity index (χ1) is 12.5. The third-order valence-electron chi connectivity index (χ3n) is 5.70. The fraction of sp³-hybridized carbons (Fsp3) is 0.600. The normalized spacial score (nSPS) is 21.7. The van der Waals surface area contributed by atoms with Crippen molar-refractivity contribution in [1.82, 2.24) is 10.2 Å². The summed E-state index contributed by atoms with van der Waals surface area (Å²) < 4.78 is 0. The third kappa shape index (κ3) is 4.31. The van der Waals surface area contributed by atoms with Gasteiger partial charge in [0.15, 0.2) is 0 Å². The molecule has 0 spiro atoms. The summed E-state index contributed by atoms with van der Waals surface area (Å²) in [6.45, 7) is 5.31. The average molecular weight is 375 g/mol. The van der Waals surface area contributed by atoms with Crippen LogP contribution in [0.1, 0.15) is 39.0 Å². The summed E-state index contributed by atoms with van der Waals surface area (Å²) in [4.78, 5) is 17.2. The molecule has 6 heteroatoms. The predicted octanol–water partition coefficient (Wildman–Crippen LogP) is 3.19. The Kier molecular flexibility index (Phi) is 6.05. The number of nitrogens with zero attached hydrogens (tertiary/aromatic N) is 3. The van der Waals surface area contributed by atoms with E-state index in [0.717, 1.165) is 69.0 Å². The lowest BCUT2D eigenvalue weighted by Gasteiger charge is -2.40. The maximum Gasteiger partial charge on any atom is 0.238 e. The molecule has 1 amide bonds. The summed E-state index contributed by atoms with van der Waals surface area (Å²) in [6, 6.07) is 10.0. The van der Waals surface area contributed by atoms with Crippen molar-refractivity contribution in [3.8, 4) is 6.07 Å². The van der Waals surface area contributed by atoms with E-state index in [1.54, 1.807) is 0 Å². The SMILES string of the molecule is C[C@@H](C(=O)NC1(C#N)CCCCC1)N1CCN(c2cccc(Cl)c2)CC1. The van der Waals surface area contributed by atoms with Crippen LogP contribution >= 0.6 is 11.6 Å². The lowest BCUT2D eigenvalue weighted by atomic mass is 9.82. The molecule has 1 saturated carbocycles. The molecule has 140 valence electrons. The first kappa shape index (κ1) is 19.0. The number of hydrogen-bond acceptors (Lipinski definition) is 4. The van der Waals surface area contributed by atoms with Gasteiger partial charge in [-0.05, 0) is 38.0 Å². The van der Waals surface area contributed by atoms with Crippen molar-refractivity contribution >= 4 is 23.2 Å². The van der Waals surface area contributed by atoms with Gasteiger partial charge in [0.25, 0.3) is 0 Å². The second-order valence-electron chi connectivity index (χ2n) is 7.42. The zero-order valence-electron chi connectivity index (χ0n) is 15.4. The van der Waals surface area contributed by atoms with Crippen molar-refractivity contribution in [2.24, 2.45) is 0 Å². The number of hydrogen-bond donors (Lipinski definition) is 1. The van der Waals surface area contributed by atoms with E-state index in [-0.39, 0.29) is 11.9 Å². The Balaban J connectivity index is 1.55.